The van der Waals surface area contributed by atoms with E-state index in [0.717, 1.165) is 29.0 Å². The van der Waals surface area contributed by atoms with E-state index in [1.54, 1.807) is 6.92 Å². The van der Waals surface area contributed by atoms with Crippen LogP contribution >= 0.6 is 0 Å². The number of para-hydroxylation sites is 1. The maximum Gasteiger partial charge on any atom is 0.278 e. The summed E-state index contributed by atoms with van der Waals surface area (Å²) in [6.45, 7) is 8.14. The largest absolute Gasteiger partial charge is 0.489 e. The van der Waals surface area contributed by atoms with Crippen LogP contribution < -0.4 is 10.1 Å². The summed E-state index contributed by atoms with van der Waals surface area (Å²) in [4.78, 5) is 12.7. The predicted molar refractivity (Wildman–Crippen MR) is 105 cm³/mol. The molecule has 140 valence electrons. The van der Waals surface area contributed by atoms with Gasteiger partial charge in [0.15, 0.2) is 5.69 Å². The highest BCUT2D eigenvalue weighted by molar-refractivity contribution is 6.04. The number of anilines is 1. The second-order valence-electron chi connectivity index (χ2n) is 6.57. The fraction of sp³-hybridized carbons (Fsp3) is 0.273. The number of hydrogen-bond donors (Lipinski definition) is 1. The minimum atomic E-state index is -0.300. The molecular weight excluding hydrogens is 340 g/mol. The first-order valence-corrected chi connectivity index (χ1v) is 9.04. The number of rotatable bonds is 6. The number of nitrogens with zero attached hydrogens (tertiary/aromatic N) is 1. The lowest BCUT2D eigenvalue weighted by molar-refractivity contribution is 0.101. The normalized spacial score (nSPS) is 10.7. The third-order valence-electron chi connectivity index (χ3n) is 4.71. The van der Waals surface area contributed by atoms with E-state index in [2.05, 4.69) is 17.4 Å². The fourth-order valence-electron chi connectivity index (χ4n) is 2.83. The van der Waals surface area contributed by atoms with Crippen LogP contribution in [0.4, 0.5) is 5.69 Å². The molecule has 1 N–H and O–H groups in total. The number of hydrogen-bond acceptors (Lipinski definition) is 4. The van der Waals surface area contributed by atoms with Crippen molar-refractivity contribution in [1.82, 2.24) is 5.16 Å². The van der Waals surface area contributed by atoms with E-state index < -0.39 is 0 Å². The summed E-state index contributed by atoms with van der Waals surface area (Å²) in [5, 5.41) is 6.87. The Morgan fingerprint density at radius 2 is 1.89 bits per heavy atom. The number of carbonyl (C=O) groups excluding carboxylic acids is 1. The lowest BCUT2D eigenvalue weighted by Gasteiger charge is -2.10. The van der Waals surface area contributed by atoms with E-state index in [9.17, 15) is 4.79 Å². The fourth-order valence-corrected chi connectivity index (χ4v) is 2.83. The van der Waals surface area contributed by atoms with Crippen molar-refractivity contribution in [2.45, 2.75) is 40.7 Å². The SMILES string of the molecule is CCc1ccccc1NC(=O)c1noc(C)c1COc1ccc(C)c(C)c1. The molecule has 3 rings (SSSR count). The molecule has 1 amide bonds. The Morgan fingerprint density at radius 1 is 1.11 bits per heavy atom. The van der Waals surface area contributed by atoms with Gasteiger partial charge in [-0.05, 0) is 62.1 Å². The molecule has 27 heavy (non-hydrogen) atoms. The molecule has 1 aromatic heterocycles. The van der Waals surface area contributed by atoms with Gasteiger partial charge in [0.2, 0.25) is 0 Å². The quantitative estimate of drug-likeness (QED) is 0.669. The number of carbonyl (C=O) groups is 1. The number of aryl methyl sites for hydroxylation is 4. The van der Waals surface area contributed by atoms with Crippen LogP contribution in [0.5, 0.6) is 5.75 Å². The van der Waals surface area contributed by atoms with Crippen molar-refractivity contribution in [3.05, 3.63) is 76.2 Å². The van der Waals surface area contributed by atoms with Crippen molar-refractivity contribution in [1.29, 1.82) is 0 Å². The summed E-state index contributed by atoms with van der Waals surface area (Å²) in [6, 6.07) is 13.6. The molecule has 0 radical (unpaired) electrons. The number of ether oxygens (including phenoxy) is 1. The van der Waals surface area contributed by atoms with Gasteiger partial charge in [0.1, 0.15) is 18.1 Å². The first-order chi connectivity index (χ1) is 13.0. The molecule has 0 saturated carbocycles. The zero-order chi connectivity index (χ0) is 19.4. The number of benzene rings is 2. The van der Waals surface area contributed by atoms with Gasteiger partial charge in [0.25, 0.3) is 5.91 Å². The summed E-state index contributed by atoms with van der Waals surface area (Å²) < 4.78 is 11.1. The smallest absolute Gasteiger partial charge is 0.278 e. The second-order valence-corrected chi connectivity index (χ2v) is 6.57. The molecule has 1 heterocycles. The zero-order valence-electron chi connectivity index (χ0n) is 16.1. The van der Waals surface area contributed by atoms with Crippen molar-refractivity contribution in [3.63, 3.8) is 0 Å². The molecule has 0 aliphatic rings. The van der Waals surface area contributed by atoms with E-state index in [1.807, 2.05) is 56.3 Å². The molecular formula is C22H24N2O3. The third-order valence-corrected chi connectivity index (χ3v) is 4.71. The van der Waals surface area contributed by atoms with Crippen molar-refractivity contribution >= 4 is 11.6 Å². The average Bonchev–Trinajstić information content (AvgIpc) is 3.04. The van der Waals surface area contributed by atoms with Crippen LogP contribution in [-0.4, -0.2) is 11.1 Å². The topological polar surface area (TPSA) is 64.4 Å². The highest BCUT2D eigenvalue weighted by atomic mass is 16.5. The maximum atomic E-state index is 12.7. The van der Waals surface area contributed by atoms with Gasteiger partial charge in [-0.1, -0.05) is 36.3 Å². The van der Waals surface area contributed by atoms with Gasteiger partial charge in [-0.3, -0.25) is 4.79 Å². The van der Waals surface area contributed by atoms with Gasteiger partial charge in [0, 0.05) is 5.69 Å². The first-order valence-electron chi connectivity index (χ1n) is 9.04. The monoisotopic (exact) mass is 364 g/mol. The maximum absolute atomic E-state index is 12.7. The molecule has 0 saturated heterocycles. The first kappa shape index (κ1) is 18.7. The molecule has 5 heteroatoms. The van der Waals surface area contributed by atoms with Gasteiger partial charge in [-0.2, -0.15) is 0 Å². The Bertz CT molecular complexity index is 960. The average molecular weight is 364 g/mol. The van der Waals surface area contributed by atoms with E-state index >= 15 is 0 Å². The van der Waals surface area contributed by atoms with Crippen LogP contribution in [0.25, 0.3) is 0 Å². The molecule has 0 fully saturated rings. The Kier molecular flexibility index (Phi) is 5.60. The molecule has 3 aromatic rings. The Hall–Kier alpha value is -3.08. The third kappa shape index (κ3) is 4.19. The Morgan fingerprint density at radius 3 is 2.63 bits per heavy atom. The van der Waals surface area contributed by atoms with Crippen LogP contribution in [0.15, 0.2) is 47.0 Å². The summed E-state index contributed by atoms with van der Waals surface area (Å²) >= 11 is 0. The van der Waals surface area contributed by atoms with Crippen LogP contribution in [0.3, 0.4) is 0 Å². The van der Waals surface area contributed by atoms with Crippen LogP contribution in [0.1, 0.15) is 45.4 Å². The van der Waals surface area contributed by atoms with Crippen LogP contribution in [0.2, 0.25) is 0 Å². The summed E-state index contributed by atoms with van der Waals surface area (Å²) in [6.07, 6.45) is 0.830. The van der Waals surface area contributed by atoms with E-state index in [4.69, 9.17) is 9.26 Å². The number of nitrogens with one attached hydrogen (secondary N) is 1. The lowest BCUT2D eigenvalue weighted by atomic mass is 10.1. The minimum absolute atomic E-state index is 0.218. The Balaban J connectivity index is 1.77. The van der Waals surface area contributed by atoms with Gasteiger partial charge < -0.3 is 14.6 Å². The molecule has 0 aliphatic heterocycles. The summed E-state index contributed by atoms with van der Waals surface area (Å²) in [7, 11) is 0. The van der Waals surface area contributed by atoms with Gasteiger partial charge in [-0.25, -0.2) is 0 Å². The molecule has 0 bridgehead atoms. The van der Waals surface area contributed by atoms with Crippen molar-refractivity contribution in [2.75, 3.05) is 5.32 Å². The van der Waals surface area contributed by atoms with Gasteiger partial charge >= 0.3 is 0 Å². The highest BCUT2D eigenvalue weighted by Gasteiger charge is 2.21. The lowest BCUT2D eigenvalue weighted by Crippen LogP contribution is -2.16. The zero-order valence-corrected chi connectivity index (χ0v) is 16.1. The van der Waals surface area contributed by atoms with Crippen molar-refractivity contribution in [2.24, 2.45) is 0 Å². The van der Waals surface area contributed by atoms with E-state index in [-0.39, 0.29) is 18.2 Å². The molecule has 2 aromatic carbocycles. The molecule has 0 unspecified atom stereocenters. The highest BCUT2D eigenvalue weighted by Crippen LogP contribution is 2.22. The number of aromatic nitrogens is 1. The van der Waals surface area contributed by atoms with Crippen molar-refractivity contribution in [3.8, 4) is 5.75 Å². The standard InChI is InChI=1S/C22H24N2O3/c1-5-17-8-6-7-9-20(17)23-22(25)21-19(16(4)27-24-21)13-26-18-11-10-14(2)15(3)12-18/h6-12H,5,13H2,1-4H3,(H,23,25). The minimum Gasteiger partial charge on any atom is -0.489 e. The summed E-state index contributed by atoms with van der Waals surface area (Å²) in [5.41, 5.74) is 5.12. The molecule has 5 nitrogen and oxygen atoms in total. The predicted octanol–water partition coefficient (Wildman–Crippen LogP) is 4.99. The number of amides is 1. The van der Waals surface area contributed by atoms with Crippen LogP contribution in [0, 0.1) is 20.8 Å². The second kappa shape index (κ2) is 8.08. The Labute approximate surface area is 159 Å². The molecule has 0 spiro atoms. The van der Waals surface area contributed by atoms with Gasteiger partial charge in [0.05, 0.1) is 5.56 Å². The van der Waals surface area contributed by atoms with Gasteiger partial charge in [-0.15, -0.1) is 0 Å². The van der Waals surface area contributed by atoms with E-state index in [0.29, 0.717) is 11.3 Å². The van der Waals surface area contributed by atoms with Crippen molar-refractivity contribution < 1.29 is 14.1 Å². The molecule has 0 aliphatic carbocycles. The summed E-state index contributed by atoms with van der Waals surface area (Å²) in [5.74, 6) is 1.03. The van der Waals surface area contributed by atoms with E-state index in [1.165, 1.54) is 5.56 Å². The molecule has 0 atom stereocenters. The van der Waals surface area contributed by atoms with Crippen LogP contribution in [-0.2, 0) is 13.0 Å².